The molecular formula is C14H17F16NO3S. The molecule has 0 rings (SSSR count). The zero-order chi connectivity index (χ0) is 28.9. The lowest BCUT2D eigenvalue weighted by Crippen LogP contribution is -2.65. The van der Waals surface area contributed by atoms with Gasteiger partial charge in [0, 0.05) is 0 Å². The Kier molecular flexibility index (Phi) is 13.2. The highest BCUT2D eigenvalue weighted by Crippen LogP contribution is 2.52. The monoisotopic (exact) mass is 583 g/mol. The number of alkyl halides is 16. The maximum atomic E-state index is 13.4. The summed E-state index contributed by atoms with van der Waals surface area (Å²) in [4.78, 5) is 0. The van der Waals surface area contributed by atoms with Crippen LogP contribution in [0.5, 0.6) is 0 Å². The van der Waals surface area contributed by atoms with Gasteiger partial charge < -0.3 is 5.32 Å². The van der Waals surface area contributed by atoms with E-state index in [1.807, 2.05) is 14.1 Å². The summed E-state index contributed by atoms with van der Waals surface area (Å²) in [5.74, 6) is -22.1. The number of halogens is 16. The summed E-state index contributed by atoms with van der Waals surface area (Å²) in [6.45, 7) is 0. The molecule has 35 heavy (non-hydrogen) atoms. The maximum Gasteiger partial charge on any atom is 0.379 e. The number of hydrogen-bond acceptors (Lipinski definition) is 3. The van der Waals surface area contributed by atoms with Crippen LogP contribution in [0.25, 0.3) is 0 Å². The largest absolute Gasteiger partial charge is 0.379 e. The molecule has 0 aliphatic rings. The van der Waals surface area contributed by atoms with Gasteiger partial charge in [-0.3, -0.25) is 4.55 Å². The minimum atomic E-state index is -7.60. The van der Waals surface area contributed by atoms with E-state index in [9.17, 15) is 78.7 Å². The molecular weight excluding hydrogens is 566 g/mol. The molecule has 0 aliphatic carbocycles. The van der Waals surface area contributed by atoms with Crippen LogP contribution < -0.4 is 5.32 Å². The van der Waals surface area contributed by atoms with Gasteiger partial charge in [-0.2, -0.15) is 34.8 Å². The highest BCUT2D eigenvalue weighted by Gasteiger charge is 2.80. The standard InChI is InChI=1S/C12H10F16O3S.C2H7N/c13-1(2(14)4(16)6(18)8(20)21)3(15)5(17)7(19)10(23,24)12(27,28)11(25,26)9(22)32(29,30)31;1-3-2/h1-9H,(H,29,30,31);3H,1-2H3. The highest BCUT2D eigenvalue weighted by molar-refractivity contribution is 7.86. The second kappa shape index (κ2) is 12.8. The van der Waals surface area contributed by atoms with Gasteiger partial charge in [0.2, 0.25) is 6.17 Å². The van der Waals surface area contributed by atoms with E-state index in [-0.39, 0.29) is 0 Å². The zero-order valence-electron chi connectivity index (χ0n) is 16.9. The molecule has 21 heteroatoms. The fourth-order valence-corrected chi connectivity index (χ4v) is 2.45. The lowest BCUT2D eigenvalue weighted by atomic mass is 9.93. The molecule has 0 aromatic carbocycles. The van der Waals surface area contributed by atoms with Crippen LogP contribution in [0, 0.1) is 0 Å². The molecule has 0 aliphatic heterocycles. The van der Waals surface area contributed by atoms with Crippen molar-refractivity contribution >= 4 is 10.1 Å². The van der Waals surface area contributed by atoms with Gasteiger partial charge >= 0.3 is 27.9 Å². The van der Waals surface area contributed by atoms with E-state index in [1.54, 1.807) is 0 Å². The van der Waals surface area contributed by atoms with Crippen molar-refractivity contribution in [2.75, 3.05) is 14.1 Å². The maximum absolute atomic E-state index is 13.4. The molecule has 0 aromatic heterocycles. The van der Waals surface area contributed by atoms with E-state index in [2.05, 4.69) is 5.32 Å². The van der Waals surface area contributed by atoms with Gasteiger partial charge in [-0.25, -0.2) is 43.9 Å². The fourth-order valence-electron chi connectivity index (χ4n) is 1.93. The summed E-state index contributed by atoms with van der Waals surface area (Å²) in [6, 6.07) is 0. The molecule has 0 bridgehead atoms. The van der Waals surface area contributed by atoms with E-state index >= 15 is 0 Å². The molecule has 8 atom stereocenters. The summed E-state index contributed by atoms with van der Waals surface area (Å²) < 4.78 is 237. The summed E-state index contributed by atoms with van der Waals surface area (Å²) in [7, 11) is -3.13. The van der Waals surface area contributed by atoms with Crippen LogP contribution in [0.2, 0.25) is 0 Å². The van der Waals surface area contributed by atoms with E-state index in [0.717, 1.165) is 0 Å². The predicted molar refractivity (Wildman–Crippen MR) is 86.5 cm³/mol. The van der Waals surface area contributed by atoms with Crippen LogP contribution in [0.15, 0.2) is 0 Å². The second-order valence-corrected chi connectivity index (χ2v) is 8.00. The Morgan fingerprint density at radius 2 is 0.886 bits per heavy atom. The number of nitrogens with one attached hydrogen (secondary N) is 1. The molecule has 2 N–H and O–H groups in total. The van der Waals surface area contributed by atoms with Crippen molar-refractivity contribution in [2.24, 2.45) is 0 Å². The van der Waals surface area contributed by atoms with E-state index < -0.39 is 83.0 Å². The van der Waals surface area contributed by atoms with Gasteiger partial charge in [0.1, 0.15) is 0 Å². The molecule has 0 radical (unpaired) electrons. The first-order valence-electron chi connectivity index (χ1n) is 8.48. The lowest BCUT2D eigenvalue weighted by Gasteiger charge is -2.36. The molecule has 0 amide bonds. The Hall–Kier alpha value is -1.25. The minimum Gasteiger partial charge on any atom is -0.323 e. The normalized spacial score (nSPS) is 20.7. The third-order valence-corrected chi connectivity index (χ3v) is 4.59. The van der Waals surface area contributed by atoms with Crippen LogP contribution in [-0.4, -0.2) is 100.0 Å². The lowest BCUT2D eigenvalue weighted by molar-refractivity contribution is -0.337. The van der Waals surface area contributed by atoms with Crippen molar-refractivity contribution in [3.63, 3.8) is 0 Å². The molecule has 0 fully saturated rings. The average Bonchev–Trinajstić information content (AvgIpc) is 2.74. The van der Waals surface area contributed by atoms with Crippen LogP contribution in [0.4, 0.5) is 70.2 Å². The quantitative estimate of drug-likeness (QED) is 0.262. The fraction of sp³-hybridized carbons (Fsp3) is 1.00. The molecule has 0 spiro atoms. The van der Waals surface area contributed by atoms with Crippen LogP contribution in [0.1, 0.15) is 0 Å². The van der Waals surface area contributed by atoms with E-state index in [4.69, 9.17) is 4.55 Å². The molecule has 0 aromatic rings. The minimum absolute atomic E-state index is 1.88. The number of hydrogen-bond donors (Lipinski definition) is 2. The number of rotatable bonds is 12. The van der Waals surface area contributed by atoms with Gasteiger partial charge in [0.25, 0.3) is 11.9 Å². The molecule has 8 unspecified atom stereocenters. The van der Waals surface area contributed by atoms with Crippen molar-refractivity contribution in [2.45, 2.75) is 72.9 Å². The summed E-state index contributed by atoms with van der Waals surface area (Å²) >= 11 is 0. The molecule has 214 valence electrons. The second-order valence-electron chi connectivity index (χ2n) is 6.55. The Labute approximate surface area is 186 Å². The van der Waals surface area contributed by atoms with Gasteiger partial charge in [-0.15, -0.1) is 0 Å². The zero-order valence-corrected chi connectivity index (χ0v) is 17.7. The van der Waals surface area contributed by atoms with Crippen molar-refractivity contribution in [3.05, 3.63) is 0 Å². The van der Waals surface area contributed by atoms with Crippen molar-refractivity contribution < 1.29 is 83.2 Å². The van der Waals surface area contributed by atoms with Gasteiger partial charge in [0.15, 0.2) is 37.0 Å². The third-order valence-electron chi connectivity index (χ3n) is 3.77. The van der Waals surface area contributed by atoms with E-state index in [0.29, 0.717) is 0 Å². The van der Waals surface area contributed by atoms with Crippen molar-refractivity contribution in [1.82, 2.24) is 5.32 Å². The summed E-state index contributed by atoms with van der Waals surface area (Å²) in [5.41, 5.74) is -5.57. The first-order chi connectivity index (χ1) is 15.4. The van der Waals surface area contributed by atoms with Crippen molar-refractivity contribution in [1.29, 1.82) is 0 Å². The first kappa shape index (κ1) is 35.9. The van der Waals surface area contributed by atoms with Gasteiger partial charge in [-0.1, -0.05) is 0 Å². The summed E-state index contributed by atoms with van der Waals surface area (Å²) in [6.07, 6.45) is -37.6. The van der Waals surface area contributed by atoms with Crippen LogP contribution in [0.3, 0.4) is 0 Å². The summed E-state index contributed by atoms with van der Waals surface area (Å²) in [5, 5.41) is 2.75. The predicted octanol–water partition coefficient (Wildman–Crippen LogP) is 4.54. The van der Waals surface area contributed by atoms with Crippen LogP contribution in [-0.2, 0) is 10.1 Å². The van der Waals surface area contributed by atoms with E-state index in [1.165, 1.54) is 0 Å². The molecule has 0 saturated heterocycles. The third kappa shape index (κ3) is 7.86. The van der Waals surface area contributed by atoms with Gasteiger partial charge in [-0.05, 0) is 14.1 Å². The van der Waals surface area contributed by atoms with Gasteiger partial charge in [0.05, 0.1) is 0 Å². The van der Waals surface area contributed by atoms with Crippen molar-refractivity contribution in [3.8, 4) is 0 Å². The smallest absolute Gasteiger partial charge is 0.323 e. The first-order valence-corrected chi connectivity index (χ1v) is 9.98. The Morgan fingerprint density at radius 1 is 0.600 bits per heavy atom. The average molecular weight is 583 g/mol. The Balaban J connectivity index is 0. The van der Waals surface area contributed by atoms with Crippen LogP contribution >= 0.6 is 0 Å². The highest BCUT2D eigenvalue weighted by atomic mass is 32.2. The Bertz CT molecular complexity index is 741. The molecule has 0 heterocycles. The topological polar surface area (TPSA) is 66.4 Å². The molecule has 4 nitrogen and oxygen atoms in total. The SMILES string of the molecule is CNC.O=S(=O)(O)C(F)C(F)(F)C(F)(F)C(F)(F)C(F)C(F)C(F)C(F)C(F)C(F)C(F)C(F)F. The Morgan fingerprint density at radius 3 is 1.17 bits per heavy atom. The molecule has 0 saturated carbocycles.